The van der Waals surface area contributed by atoms with Crippen molar-refractivity contribution in [3.05, 3.63) is 23.4 Å². The predicted octanol–water partition coefficient (Wildman–Crippen LogP) is 2.73. The van der Waals surface area contributed by atoms with Gasteiger partial charge in [0.05, 0.1) is 0 Å². The normalized spacial score (nSPS) is 11.6. The van der Waals surface area contributed by atoms with Crippen LogP contribution in [0.1, 0.15) is 39.0 Å². The highest BCUT2D eigenvalue weighted by molar-refractivity contribution is 5.40. The second kappa shape index (κ2) is 5.50. The van der Waals surface area contributed by atoms with Gasteiger partial charge in [-0.15, -0.1) is 0 Å². The molecule has 0 radical (unpaired) electrons. The summed E-state index contributed by atoms with van der Waals surface area (Å²) in [6.07, 6.45) is 0. The molecule has 0 spiro atoms. The van der Waals surface area contributed by atoms with Crippen molar-refractivity contribution in [2.45, 2.75) is 46.7 Å². The SMILES string of the molecule is CCN(C)c1ccc(CNC(C)(C)C)c(C)n1. The molecule has 0 atom stereocenters. The zero-order chi connectivity index (χ0) is 13.1. The van der Waals surface area contributed by atoms with Gasteiger partial charge in [-0.05, 0) is 46.2 Å². The van der Waals surface area contributed by atoms with Crippen LogP contribution in [0.4, 0.5) is 5.82 Å². The van der Waals surface area contributed by atoms with Crippen LogP contribution in [0.15, 0.2) is 12.1 Å². The van der Waals surface area contributed by atoms with Crippen LogP contribution >= 0.6 is 0 Å². The van der Waals surface area contributed by atoms with Crippen molar-refractivity contribution in [1.29, 1.82) is 0 Å². The summed E-state index contributed by atoms with van der Waals surface area (Å²) in [5.41, 5.74) is 2.53. The molecule has 0 aliphatic heterocycles. The second-order valence-electron chi connectivity index (χ2n) is 5.53. The van der Waals surface area contributed by atoms with Crippen molar-refractivity contribution in [1.82, 2.24) is 10.3 Å². The average molecular weight is 235 g/mol. The van der Waals surface area contributed by atoms with Gasteiger partial charge in [-0.2, -0.15) is 0 Å². The van der Waals surface area contributed by atoms with E-state index in [0.29, 0.717) is 0 Å². The van der Waals surface area contributed by atoms with Crippen LogP contribution in [0.2, 0.25) is 0 Å². The van der Waals surface area contributed by atoms with E-state index in [2.05, 4.69) is 69.0 Å². The lowest BCUT2D eigenvalue weighted by atomic mass is 10.1. The van der Waals surface area contributed by atoms with Gasteiger partial charge in [-0.3, -0.25) is 0 Å². The summed E-state index contributed by atoms with van der Waals surface area (Å²) in [6, 6.07) is 4.26. The monoisotopic (exact) mass is 235 g/mol. The van der Waals surface area contributed by atoms with E-state index in [0.717, 1.165) is 24.6 Å². The van der Waals surface area contributed by atoms with Crippen molar-refractivity contribution in [3.63, 3.8) is 0 Å². The van der Waals surface area contributed by atoms with Gasteiger partial charge >= 0.3 is 0 Å². The summed E-state index contributed by atoms with van der Waals surface area (Å²) in [5.74, 6) is 1.05. The van der Waals surface area contributed by atoms with Crippen molar-refractivity contribution in [2.75, 3.05) is 18.5 Å². The number of anilines is 1. The number of rotatable bonds is 4. The molecular formula is C14H25N3. The third-order valence-corrected chi connectivity index (χ3v) is 2.86. The van der Waals surface area contributed by atoms with E-state index in [9.17, 15) is 0 Å². The van der Waals surface area contributed by atoms with Crippen molar-refractivity contribution < 1.29 is 0 Å². The molecule has 0 amide bonds. The van der Waals surface area contributed by atoms with Gasteiger partial charge in [-0.1, -0.05) is 6.07 Å². The average Bonchev–Trinajstić information content (AvgIpc) is 2.25. The molecule has 3 nitrogen and oxygen atoms in total. The fourth-order valence-corrected chi connectivity index (χ4v) is 1.50. The lowest BCUT2D eigenvalue weighted by Gasteiger charge is -2.22. The number of nitrogens with one attached hydrogen (secondary N) is 1. The van der Waals surface area contributed by atoms with Crippen LogP contribution in [0, 0.1) is 6.92 Å². The molecule has 1 N–H and O–H groups in total. The minimum atomic E-state index is 0.144. The number of aromatic nitrogens is 1. The summed E-state index contributed by atoms with van der Waals surface area (Å²) >= 11 is 0. The maximum atomic E-state index is 4.63. The van der Waals surface area contributed by atoms with Crippen LogP contribution in [0.25, 0.3) is 0 Å². The molecule has 96 valence electrons. The Balaban J connectivity index is 2.76. The first-order valence-electron chi connectivity index (χ1n) is 6.26. The number of hydrogen-bond donors (Lipinski definition) is 1. The maximum Gasteiger partial charge on any atom is 0.128 e. The minimum Gasteiger partial charge on any atom is -0.360 e. The van der Waals surface area contributed by atoms with Gasteiger partial charge in [-0.25, -0.2) is 4.98 Å². The van der Waals surface area contributed by atoms with Crippen LogP contribution in [-0.2, 0) is 6.54 Å². The summed E-state index contributed by atoms with van der Waals surface area (Å²) < 4.78 is 0. The van der Waals surface area contributed by atoms with Crippen LogP contribution < -0.4 is 10.2 Å². The van der Waals surface area contributed by atoms with E-state index in [1.807, 2.05) is 0 Å². The molecule has 1 rings (SSSR count). The second-order valence-corrected chi connectivity index (χ2v) is 5.53. The first-order valence-corrected chi connectivity index (χ1v) is 6.26. The van der Waals surface area contributed by atoms with E-state index in [-0.39, 0.29) is 5.54 Å². The van der Waals surface area contributed by atoms with Gasteiger partial charge in [0.2, 0.25) is 0 Å². The smallest absolute Gasteiger partial charge is 0.128 e. The Hall–Kier alpha value is -1.09. The molecular weight excluding hydrogens is 210 g/mol. The molecule has 1 aromatic rings. The van der Waals surface area contributed by atoms with Crippen molar-refractivity contribution >= 4 is 5.82 Å². The van der Waals surface area contributed by atoms with Gasteiger partial charge in [0.1, 0.15) is 5.82 Å². The fraction of sp³-hybridized carbons (Fsp3) is 0.643. The van der Waals surface area contributed by atoms with E-state index >= 15 is 0 Å². The van der Waals surface area contributed by atoms with Gasteiger partial charge in [0.15, 0.2) is 0 Å². The highest BCUT2D eigenvalue weighted by atomic mass is 15.2. The Kier molecular flexibility index (Phi) is 4.52. The molecule has 3 heteroatoms. The molecule has 0 aliphatic carbocycles. The molecule has 0 saturated carbocycles. The summed E-state index contributed by atoms with van der Waals surface area (Å²) in [4.78, 5) is 6.78. The van der Waals surface area contributed by atoms with Gasteiger partial charge in [0, 0.05) is 31.4 Å². The highest BCUT2D eigenvalue weighted by Crippen LogP contribution is 2.14. The molecule has 0 bridgehead atoms. The Morgan fingerprint density at radius 3 is 2.41 bits per heavy atom. The number of hydrogen-bond acceptors (Lipinski definition) is 3. The first kappa shape index (κ1) is 14.0. The van der Waals surface area contributed by atoms with E-state index < -0.39 is 0 Å². The molecule has 17 heavy (non-hydrogen) atoms. The van der Waals surface area contributed by atoms with Crippen molar-refractivity contribution in [2.24, 2.45) is 0 Å². The van der Waals surface area contributed by atoms with Crippen molar-refractivity contribution in [3.8, 4) is 0 Å². The summed E-state index contributed by atoms with van der Waals surface area (Å²) in [5, 5.41) is 3.49. The Labute approximate surface area is 105 Å². The van der Waals surface area contributed by atoms with Gasteiger partial charge < -0.3 is 10.2 Å². The van der Waals surface area contributed by atoms with E-state index in [1.54, 1.807) is 0 Å². The lowest BCUT2D eigenvalue weighted by molar-refractivity contribution is 0.423. The molecule has 0 fully saturated rings. The Morgan fingerprint density at radius 2 is 1.94 bits per heavy atom. The van der Waals surface area contributed by atoms with E-state index in [4.69, 9.17) is 0 Å². The first-order chi connectivity index (χ1) is 7.83. The predicted molar refractivity (Wildman–Crippen MR) is 74.5 cm³/mol. The fourth-order valence-electron chi connectivity index (χ4n) is 1.50. The quantitative estimate of drug-likeness (QED) is 0.869. The molecule has 1 aromatic heterocycles. The molecule has 0 aliphatic rings. The standard InChI is InChI=1S/C14H25N3/c1-7-17(6)13-9-8-12(11(2)16-13)10-15-14(3,4)5/h8-9,15H,7,10H2,1-6H3. The van der Waals surface area contributed by atoms with E-state index in [1.165, 1.54) is 5.56 Å². The third-order valence-electron chi connectivity index (χ3n) is 2.86. The lowest BCUT2D eigenvalue weighted by Crippen LogP contribution is -2.35. The summed E-state index contributed by atoms with van der Waals surface area (Å²) in [7, 11) is 2.06. The molecule has 0 aromatic carbocycles. The Morgan fingerprint density at radius 1 is 1.29 bits per heavy atom. The number of nitrogens with zero attached hydrogens (tertiary/aromatic N) is 2. The van der Waals surface area contributed by atoms with Gasteiger partial charge in [0.25, 0.3) is 0 Å². The van der Waals surface area contributed by atoms with Crippen LogP contribution in [0.3, 0.4) is 0 Å². The minimum absolute atomic E-state index is 0.144. The summed E-state index contributed by atoms with van der Waals surface area (Å²) in [6.45, 7) is 12.6. The molecule has 1 heterocycles. The Bertz CT molecular complexity index is 366. The molecule has 0 unspecified atom stereocenters. The highest BCUT2D eigenvalue weighted by Gasteiger charge is 2.10. The zero-order valence-corrected chi connectivity index (χ0v) is 12.0. The zero-order valence-electron chi connectivity index (χ0n) is 12.0. The van der Waals surface area contributed by atoms with Crippen LogP contribution in [0.5, 0.6) is 0 Å². The number of pyridine rings is 1. The largest absolute Gasteiger partial charge is 0.360 e. The number of aryl methyl sites for hydroxylation is 1. The molecule has 0 saturated heterocycles. The maximum absolute atomic E-state index is 4.63. The third kappa shape index (κ3) is 4.35. The topological polar surface area (TPSA) is 28.2 Å². The van der Waals surface area contributed by atoms with Crippen LogP contribution in [-0.4, -0.2) is 24.1 Å².